The molecular weight excluding hydrogens is 392 g/mol. The van der Waals surface area contributed by atoms with Crippen molar-refractivity contribution in [2.24, 2.45) is 0 Å². The summed E-state index contributed by atoms with van der Waals surface area (Å²) >= 11 is 1.45. The summed E-state index contributed by atoms with van der Waals surface area (Å²) in [5.41, 5.74) is 1.75. The third-order valence-corrected chi connectivity index (χ3v) is 5.59. The summed E-state index contributed by atoms with van der Waals surface area (Å²) in [4.78, 5) is 37.9. The van der Waals surface area contributed by atoms with Crippen LogP contribution in [0, 0.1) is 0 Å². The van der Waals surface area contributed by atoms with Crippen molar-refractivity contribution in [3.8, 4) is 5.75 Å². The number of hydrogen-bond acceptors (Lipinski definition) is 6. The number of methoxy groups -OCH3 is 1. The molecule has 152 valence electrons. The standard InChI is InChI=1S/C21H22N2O5S/c1-27-17-9-5-8-16(10-17)21-23(19(25)14-29-21)12-18(24)22-11-20(26)28-13-15-6-3-2-4-7-15/h2-10,21H,11-14H2,1H3,(H,22,24). The molecule has 1 atom stereocenters. The van der Waals surface area contributed by atoms with Gasteiger partial charge in [0, 0.05) is 0 Å². The largest absolute Gasteiger partial charge is 0.497 e. The van der Waals surface area contributed by atoms with Crippen LogP contribution in [-0.2, 0) is 25.7 Å². The molecule has 0 spiro atoms. The highest BCUT2D eigenvalue weighted by Gasteiger charge is 2.34. The molecule has 0 aliphatic carbocycles. The van der Waals surface area contributed by atoms with E-state index in [-0.39, 0.29) is 31.0 Å². The van der Waals surface area contributed by atoms with E-state index in [1.165, 1.54) is 16.7 Å². The first-order valence-electron chi connectivity index (χ1n) is 9.08. The van der Waals surface area contributed by atoms with Crippen molar-refractivity contribution in [2.45, 2.75) is 12.0 Å². The summed E-state index contributed by atoms with van der Waals surface area (Å²) in [6.07, 6.45) is 0. The van der Waals surface area contributed by atoms with Gasteiger partial charge >= 0.3 is 5.97 Å². The molecule has 8 heteroatoms. The van der Waals surface area contributed by atoms with Crippen LogP contribution in [0.15, 0.2) is 54.6 Å². The van der Waals surface area contributed by atoms with Gasteiger partial charge < -0.3 is 19.7 Å². The zero-order chi connectivity index (χ0) is 20.6. The maximum atomic E-state index is 12.3. The van der Waals surface area contributed by atoms with E-state index in [0.29, 0.717) is 11.5 Å². The second-order valence-electron chi connectivity index (χ2n) is 6.38. The Kier molecular flexibility index (Phi) is 7.13. The van der Waals surface area contributed by atoms with Gasteiger partial charge in [-0.1, -0.05) is 42.5 Å². The molecule has 0 radical (unpaired) electrons. The molecule has 1 aliphatic rings. The van der Waals surface area contributed by atoms with E-state index in [1.54, 1.807) is 7.11 Å². The van der Waals surface area contributed by atoms with Crippen LogP contribution in [0.4, 0.5) is 0 Å². The Hall–Kier alpha value is -3.00. The van der Waals surface area contributed by atoms with Crippen LogP contribution in [0.1, 0.15) is 16.5 Å². The molecule has 3 rings (SSSR count). The van der Waals surface area contributed by atoms with Crippen molar-refractivity contribution in [1.29, 1.82) is 0 Å². The van der Waals surface area contributed by atoms with Gasteiger partial charge in [0.2, 0.25) is 11.8 Å². The Morgan fingerprint density at radius 1 is 1.17 bits per heavy atom. The van der Waals surface area contributed by atoms with Gasteiger partial charge in [0.05, 0.1) is 12.9 Å². The Labute approximate surface area is 173 Å². The number of hydrogen-bond donors (Lipinski definition) is 1. The highest BCUT2D eigenvalue weighted by Crippen LogP contribution is 2.39. The molecule has 29 heavy (non-hydrogen) atoms. The van der Waals surface area contributed by atoms with Crippen LogP contribution in [0.2, 0.25) is 0 Å². The first kappa shape index (κ1) is 20.7. The topological polar surface area (TPSA) is 84.9 Å². The molecule has 2 aromatic carbocycles. The van der Waals surface area contributed by atoms with Gasteiger partial charge in [-0.25, -0.2) is 0 Å². The number of carbonyl (C=O) groups is 3. The van der Waals surface area contributed by atoms with E-state index in [0.717, 1.165) is 11.1 Å². The average Bonchev–Trinajstić information content (AvgIpc) is 3.11. The number of ether oxygens (including phenoxy) is 2. The highest BCUT2D eigenvalue weighted by atomic mass is 32.2. The molecule has 1 saturated heterocycles. The minimum atomic E-state index is -0.534. The van der Waals surface area contributed by atoms with Crippen LogP contribution in [0.25, 0.3) is 0 Å². The van der Waals surface area contributed by atoms with Crippen molar-refractivity contribution in [3.63, 3.8) is 0 Å². The molecule has 2 amide bonds. The van der Waals surface area contributed by atoms with Crippen molar-refractivity contribution in [1.82, 2.24) is 10.2 Å². The van der Waals surface area contributed by atoms with Crippen molar-refractivity contribution in [3.05, 3.63) is 65.7 Å². The van der Waals surface area contributed by atoms with Gasteiger partial charge in [-0.3, -0.25) is 14.4 Å². The first-order chi connectivity index (χ1) is 14.1. The Balaban J connectivity index is 1.50. The monoisotopic (exact) mass is 414 g/mol. The number of esters is 1. The molecule has 0 bridgehead atoms. The first-order valence-corrected chi connectivity index (χ1v) is 10.1. The van der Waals surface area contributed by atoms with E-state index in [2.05, 4.69) is 5.32 Å². The lowest BCUT2D eigenvalue weighted by atomic mass is 10.2. The predicted octanol–water partition coefficient (Wildman–Crippen LogP) is 2.13. The lowest BCUT2D eigenvalue weighted by Gasteiger charge is -2.23. The zero-order valence-corrected chi connectivity index (χ0v) is 16.8. The molecule has 0 aromatic heterocycles. The van der Waals surface area contributed by atoms with Gasteiger partial charge in [-0.2, -0.15) is 0 Å². The van der Waals surface area contributed by atoms with Crippen LogP contribution in [0.5, 0.6) is 5.75 Å². The molecule has 1 N–H and O–H groups in total. The highest BCUT2D eigenvalue weighted by molar-refractivity contribution is 8.00. The summed E-state index contributed by atoms with van der Waals surface area (Å²) in [6.45, 7) is -0.223. The number of benzene rings is 2. The van der Waals surface area contributed by atoms with Crippen LogP contribution >= 0.6 is 11.8 Å². The minimum Gasteiger partial charge on any atom is -0.497 e. The van der Waals surface area contributed by atoms with E-state index < -0.39 is 11.9 Å². The fourth-order valence-electron chi connectivity index (χ4n) is 2.87. The lowest BCUT2D eigenvalue weighted by molar-refractivity contribution is -0.145. The summed E-state index contributed by atoms with van der Waals surface area (Å²) in [7, 11) is 1.58. The van der Waals surface area contributed by atoms with Crippen LogP contribution in [-0.4, -0.2) is 48.6 Å². The molecule has 1 heterocycles. The third kappa shape index (κ3) is 5.74. The van der Waals surface area contributed by atoms with Gasteiger partial charge in [0.25, 0.3) is 0 Å². The Morgan fingerprint density at radius 3 is 2.72 bits per heavy atom. The van der Waals surface area contributed by atoms with Gasteiger partial charge in [-0.05, 0) is 23.3 Å². The zero-order valence-electron chi connectivity index (χ0n) is 16.0. The van der Waals surface area contributed by atoms with Crippen molar-refractivity contribution < 1.29 is 23.9 Å². The van der Waals surface area contributed by atoms with E-state index in [4.69, 9.17) is 9.47 Å². The second kappa shape index (κ2) is 9.97. The molecule has 7 nitrogen and oxygen atoms in total. The maximum absolute atomic E-state index is 12.3. The SMILES string of the molecule is COc1cccc(C2SCC(=O)N2CC(=O)NCC(=O)OCc2ccccc2)c1. The molecule has 1 fully saturated rings. The molecular formula is C21H22N2O5S. The third-order valence-electron chi connectivity index (χ3n) is 4.33. The second-order valence-corrected chi connectivity index (χ2v) is 7.45. The van der Waals surface area contributed by atoms with Gasteiger partial charge in [-0.15, -0.1) is 11.8 Å². The van der Waals surface area contributed by atoms with E-state index in [1.807, 2.05) is 54.6 Å². The number of nitrogens with zero attached hydrogens (tertiary/aromatic N) is 1. The summed E-state index contributed by atoms with van der Waals surface area (Å²) in [5.74, 6) is -0.0782. The number of carbonyl (C=O) groups excluding carboxylic acids is 3. The lowest BCUT2D eigenvalue weighted by Crippen LogP contribution is -2.41. The molecule has 0 saturated carbocycles. The Morgan fingerprint density at radius 2 is 1.97 bits per heavy atom. The predicted molar refractivity (Wildman–Crippen MR) is 109 cm³/mol. The van der Waals surface area contributed by atoms with Crippen molar-refractivity contribution in [2.75, 3.05) is 26.0 Å². The van der Waals surface area contributed by atoms with Crippen LogP contribution < -0.4 is 10.1 Å². The molecule has 2 aromatic rings. The van der Waals surface area contributed by atoms with Crippen LogP contribution in [0.3, 0.4) is 0 Å². The summed E-state index contributed by atoms with van der Waals surface area (Å²) in [5, 5.41) is 2.25. The number of amides is 2. The van der Waals surface area contributed by atoms with Gasteiger partial charge in [0.15, 0.2) is 0 Å². The number of rotatable bonds is 8. The summed E-state index contributed by atoms with van der Waals surface area (Å²) < 4.78 is 10.4. The van der Waals surface area contributed by atoms with E-state index in [9.17, 15) is 14.4 Å². The fraction of sp³-hybridized carbons (Fsp3) is 0.286. The number of nitrogens with one attached hydrogen (secondary N) is 1. The number of thioether (sulfide) groups is 1. The summed E-state index contributed by atoms with van der Waals surface area (Å²) in [6, 6.07) is 16.7. The van der Waals surface area contributed by atoms with Gasteiger partial charge in [0.1, 0.15) is 30.8 Å². The quantitative estimate of drug-likeness (QED) is 0.666. The minimum absolute atomic E-state index is 0.121. The molecule has 1 aliphatic heterocycles. The van der Waals surface area contributed by atoms with Crippen molar-refractivity contribution >= 4 is 29.5 Å². The smallest absolute Gasteiger partial charge is 0.325 e. The molecule has 1 unspecified atom stereocenters. The maximum Gasteiger partial charge on any atom is 0.325 e. The fourth-order valence-corrected chi connectivity index (χ4v) is 4.04. The Bertz CT molecular complexity index is 874. The average molecular weight is 414 g/mol. The normalized spacial score (nSPS) is 15.8. The van der Waals surface area contributed by atoms with E-state index >= 15 is 0 Å².